The van der Waals surface area contributed by atoms with Crippen LogP contribution in [0.4, 0.5) is 0 Å². The van der Waals surface area contributed by atoms with Crippen LogP contribution in [0.5, 0.6) is 0 Å². The molecule has 0 rings (SSSR count). The highest BCUT2D eigenvalue weighted by molar-refractivity contribution is 5.86. The number of carbonyl (C=O) groups excluding carboxylic acids is 2. The van der Waals surface area contributed by atoms with Crippen LogP contribution in [0.2, 0.25) is 0 Å². The lowest BCUT2D eigenvalue weighted by atomic mass is 9.78. The second-order valence-electron chi connectivity index (χ2n) is 6.13. The van der Waals surface area contributed by atoms with E-state index >= 15 is 0 Å². The van der Waals surface area contributed by atoms with Crippen molar-refractivity contribution in [3.05, 3.63) is 0 Å². The maximum Gasteiger partial charge on any atom is 0.327 e. The quantitative estimate of drug-likeness (QED) is 0.576. The molecule has 0 N–H and O–H groups in total. The van der Waals surface area contributed by atoms with E-state index < -0.39 is 17.4 Å². The Morgan fingerprint density at radius 2 is 1.86 bits per heavy atom. The van der Waals surface area contributed by atoms with Gasteiger partial charge >= 0.3 is 11.9 Å². The van der Waals surface area contributed by atoms with Gasteiger partial charge in [0.25, 0.3) is 0 Å². The summed E-state index contributed by atoms with van der Waals surface area (Å²) in [5, 5.41) is 9.49. The van der Waals surface area contributed by atoms with E-state index in [1.54, 1.807) is 6.92 Å². The molecule has 0 saturated carbocycles. The minimum absolute atomic E-state index is 0.0920. The van der Waals surface area contributed by atoms with Crippen LogP contribution in [-0.2, 0) is 19.1 Å². The number of nitrogens with zero attached hydrogens (tertiary/aromatic N) is 1. The van der Waals surface area contributed by atoms with Crippen LogP contribution in [-0.4, -0.2) is 24.6 Å². The molecular formula is C17H29NO4. The molecule has 0 bridgehead atoms. The molecule has 0 amide bonds. The van der Waals surface area contributed by atoms with Gasteiger partial charge in [0, 0.05) is 0 Å². The van der Waals surface area contributed by atoms with Crippen LogP contribution in [0, 0.1) is 22.7 Å². The zero-order valence-corrected chi connectivity index (χ0v) is 14.5. The van der Waals surface area contributed by atoms with Gasteiger partial charge in [-0.2, -0.15) is 5.26 Å². The Hall–Kier alpha value is -1.57. The van der Waals surface area contributed by atoms with Crippen LogP contribution >= 0.6 is 0 Å². The van der Waals surface area contributed by atoms with E-state index in [-0.39, 0.29) is 31.5 Å². The van der Waals surface area contributed by atoms with E-state index in [9.17, 15) is 14.9 Å². The molecule has 0 aromatic carbocycles. The summed E-state index contributed by atoms with van der Waals surface area (Å²) in [6.07, 6.45) is 2.61. The van der Waals surface area contributed by atoms with Crippen molar-refractivity contribution in [2.45, 2.75) is 72.8 Å². The summed E-state index contributed by atoms with van der Waals surface area (Å²) in [7, 11) is 0. The van der Waals surface area contributed by atoms with Gasteiger partial charge in [0.1, 0.15) is 0 Å². The second kappa shape index (κ2) is 10.2. The standard InChI is InChI=1S/C17H29NO4/c1-6-8-9-14(5)22-15(19)11-17(12-18,10-13(3)4)16(20)21-7-2/h13-14H,6-11H2,1-5H3/t14-,17?/m1/s1. The van der Waals surface area contributed by atoms with Crippen LogP contribution in [0.25, 0.3) is 0 Å². The first-order valence-corrected chi connectivity index (χ1v) is 8.09. The summed E-state index contributed by atoms with van der Waals surface area (Å²) in [4.78, 5) is 24.3. The van der Waals surface area contributed by atoms with Crippen molar-refractivity contribution in [1.29, 1.82) is 5.26 Å². The predicted octanol–water partition coefficient (Wildman–Crippen LogP) is 3.62. The van der Waals surface area contributed by atoms with E-state index in [1.165, 1.54) is 0 Å². The smallest absolute Gasteiger partial charge is 0.327 e. The highest BCUT2D eigenvalue weighted by Gasteiger charge is 2.43. The van der Waals surface area contributed by atoms with Crippen molar-refractivity contribution in [3.63, 3.8) is 0 Å². The van der Waals surface area contributed by atoms with Crippen molar-refractivity contribution < 1.29 is 19.1 Å². The fraction of sp³-hybridized carbons (Fsp3) is 0.824. The molecule has 126 valence electrons. The van der Waals surface area contributed by atoms with E-state index in [0.29, 0.717) is 0 Å². The highest BCUT2D eigenvalue weighted by atomic mass is 16.5. The summed E-state index contributed by atoms with van der Waals surface area (Å²) in [5.74, 6) is -1.06. The first-order valence-electron chi connectivity index (χ1n) is 8.09. The summed E-state index contributed by atoms with van der Waals surface area (Å²) in [6.45, 7) is 9.57. The maximum atomic E-state index is 12.2. The zero-order valence-electron chi connectivity index (χ0n) is 14.5. The van der Waals surface area contributed by atoms with E-state index in [2.05, 4.69) is 6.92 Å². The second-order valence-corrected chi connectivity index (χ2v) is 6.13. The third-order valence-electron chi connectivity index (χ3n) is 3.38. The molecular weight excluding hydrogens is 282 g/mol. The lowest BCUT2D eigenvalue weighted by Crippen LogP contribution is -2.36. The van der Waals surface area contributed by atoms with Gasteiger partial charge in [0.05, 0.1) is 25.2 Å². The molecule has 0 aliphatic heterocycles. The lowest BCUT2D eigenvalue weighted by Gasteiger charge is -2.26. The van der Waals surface area contributed by atoms with Gasteiger partial charge in [-0.15, -0.1) is 0 Å². The largest absolute Gasteiger partial charge is 0.465 e. The van der Waals surface area contributed by atoms with Gasteiger partial charge in [-0.25, -0.2) is 0 Å². The van der Waals surface area contributed by atoms with Crippen LogP contribution < -0.4 is 0 Å². The van der Waals surface area contributed by atoms with Gasteiger partial charge in [-0.05, 0) is 32.6 Å². The minimum atomic E-state index is -1.45. The number of ether oxygens (including phenoxy) is 2. The lowest BCUT2D eigenvalue weighted by molar-refractivity contribution is -0.162. The van der Waals surface area contributed by atoms with E-state index in [0.717, 1.165) is 19.3 Å². The van der Waals surface area contributed by atoms with Crippen molar-refractivity contribution >= 4 is 11.9 Å². The average molecular weight is 311 g/mol. The molecule has 2 atom stereocenters. The number of carbonyl (C=O) groups is 2. The van der Waals surface area contributed by atoms with Crippen molar-refractivity contribution in [3.8, 4) is 6.07 Å². The summed E-state index contributed by atoms with van der Waals surface area (Å²) in [6, 6.07) is 2.00. The van der Waals surface area contributed by atoms with Crippen LogP contribution in [0.3, 0.4) is 0 Å². The highest BCUT2D eigenvalue weighted by Crippen LogP contribution is 2.32. The maximum absolute atomic E-state index is 12.2. The third kappa shape index (κ3) is 6.93. The predicted molar refractivity (Wildman–Crippen MR) is 83.8 cm³/mol. The fourth-order valence-corrected chi connectivity index (χ4v) is 2.39. The molecule has 0 spiro atoms. The van der Waals surface area contributed by atoms with Gasteiger partial charge in [0.2, 0.25) is 0 Å². The molecule has 0 radical (unpaired) electrons. The molecule has 22 heavy (non-hydrogen) atoms. The van der Waals surface area contributed by atoms with Gasteiger partial charge in [0.15, 0.2) is 5.41 Å². The summed E-state index contributed by atoms with van der Waals surface area (Å²) < 4.78 is 10.3. The van der Waals surface area contributed by atoms with Gasteiger partial charge < -0.3 is 9.47 Å². The molecule has 0 fully saturated rings. The topological polar surface area (TPSA) is 76.4 Å². The Morgan fingerprint density at radius 3 is 2.32 bits per heavy atom. The average Bonchev–Trinajstić information content (AvgIpc) is 2.43. The van der Waals surface area contributed by atoms with Gasteiger partial charge in [-0.3, -0.25) is 9.59 Å². The van der Waals surface area contributed by atoms with E-state index in [1.807, 2.05) is 26.8 Å². The number of esters is 2. The molecule has 0 aromatic rings. The normalized spacial score (nSPS) is 14.8. The number of rotatable bonds is 10. The molecule has 1 unspecified atom stereocenters. The Labute approximate surface area is 134 Å². The number of hydrogen-bond donors (Lipinski definition) is 0. The first-order chi connectivity index (χ1) is 10.3. The molecule has 0 aliphatic carbocycles. The van der Waals surface area contributed by atoms with Crippen LogP contribution in [0.1, 0.15) is 66.7 Å². The van der Waals surface area contributed by atoms with Crippen molar-refractivity contribution in [2.75, 3.05) is 6.61 Å². The Morgan fingerprint density at radius 1 is 1.23 bits per heavy atom. The number of hydrogen-bond acceptors (Lipinski definition) is 5. The summed E-state index contributed by atoms with van der Waals surface area (Å²) >= 11 is 0. The molecule has 0 saturated heterocycles. The van der Waals surface area contributed by atoms with Crippen molar-refractivity contribution in [1.82, 2.24) is 0 Å². The SMILES string of the molecule is CCCC[C@@H](C)OC(=O)CC(C#N)(CC(C)C)C(=O)OCC. The van der Waals surface area contributed by atoms with Gasteiger partial charge in [-0.1, -0.05) is 33.6 Å². The number of unbranched alkanes of at least 4 members (excludes halogenated alkanes) is 1. The zero-order chi connectivity index (χ0) is 17.2. The van der Waals surface area contributed by atoms with Crippen LogP contribution in [0.15, 0.2) is 0 Å². The Kier molecular flexibility index (Phi) is 9.48. The van der Waals surface area contributed by atoms with Crippen molar-refractivity contribution in [2.24, 2.45) is 11.3 Å². The minimum Gasteiger partial charge on any atom is -0.465 e. The first kappa shape index (κ1) is 20.4. The molecule has 5 nitrogen and oxygen atoms in total. The third-order valence-corrected chi connectivity index (χ3v) is 3.38. The monoisotopic (exact) mass is 311 g/mol. The molecule has 0 heterocycles. The molecule has 0 aromatic heterocycles. The Bertz CT molecular complexity index is 400. The fourth-order valence-electron chi connectivity index (χ4n) is 2.39. The molecule has 0 aliphatic rings. The summed E-state index contributed by atoms with van der Waals surface area (Å²) in [5.41, 5.74) is -1.45. The number of nitriles is 1. The Balaban J connectivity index is 4.93. The van der Waals surface area contributed by atoms with E-state index in [4.69, 9.17) is 9.47 Å². The molecule has 5 heteroatoms.